The quantitative estimate of drug-likeness (QED) is 0.769. The molecule has 0 bridgehead atoms. The molecule has 6 nitrogen and oxygen atoms in total. The molecule has 2 atom stereocenters. The van der Waals surface area contributed by atoms with Gasteiger partial charge in [0.2, 0.25) is 0 Å². The van der Waals surface area contributed by atoms with Gasteiger partial charge in [-0.15, -0.1) is 0 Å². The SMILES string of the molecule is CC(C)Cc1cc(C(=O)NCc2ccccc2CN2CC(C)OC(C)C2)n[nH]1. The summed E-state index contributed by atoms with van der Waals surface area (Å²) in [6.07, 6.45) is 1.38. The Morgan fingerprint density at radius 3 is 2.61 bits per heavy atom. The molecule has 0 aliphatic carbocycles. The van der Waals surface area contributed by atoms with E-state index < -0.39 is 0 Å². The monoisotopic (exact) mass is 384 g/mol. The Balaban J connectivity index is 1.60. The fraction of sp³-hybridized carbons (Fsp3) is 0.545. The van der Waals surface area contributed by atoms with Crippen LogP contribution in [0.5, 0.6) is 0 Å². The molecule has 1 amide bonds. The highest BCUT2D eigenvalue weighted by molar-refractivity contribution is 5.92. The zero-order valence-electron chi connectivity index (χ0n) is 17.4. The van der Waals surface area contributed by atoms with Gasteiger partial charge in [0, 0.05) is 31.9 Å². The number of rotatable bonds is 7. The second-order valence-electron chi connectivity index (χ2n) is 8.28. The van der Waals surface area contributed by atoms with Crippen LogP contribution in [0.2, 0.25) is 0 Å². The normalized spacial score (nSPS) is 20.5. The van der Waals surface area contributed by atoms with Crippen LogP contribution in [0.15, 0.2) is 30.3 Å². The third-order valence-electron chi connectivity index (χ3n) is 4.94. The maximum atomic E-state index is 12.5. The minimum absolute atomic E-state index is 0.144. The van der Waals surface area contributed by atoms with Crippen molar-refractivity contribution >= 4 is 5.91 Å². The lowest BCUT2D eigenvalue weighted by Gasteiger charge is -2.35. The molecule has 152 valence electrons. The van der Waals surface area contributed by atoms with E-state index in [4.69, 9.17) is 4.74 Å². The first-order chi connectivity index (χ1) is 13.4. The second-order valence-corrected chi connectivity index (χ2v) is 8.28. The molecule has 2 heterocycles. The summed E-state index contributed by atoms with van der Waals surface area (Å²) in [5.41, 5.74) is 3.83. The van der Waals surface area contributed by atoms with Crippen molar-refractivity contribution < 1.29 is 9.53 Å². The van der Waals surface area contributed by atoms with Gasteiger partial charge in [-0.3, -0.25) is 14.8 Å². The van der Waals surface area contributed by atoms with Gasteiger partial charge in [-0.1, -0.05) is 38.1 Å². The number of aromatic nitrogens is 2. The average Bonchev–Trinajstić information content (AvgIpc) is 3.07. The Kier molecular flexibility index (Phi) is 6.86. The van der Waals surface area contributed by atoms with Crippen LogP contribution in [0.4, 0.5) is 0 Å². The Labute approximate surface area is 167 Å². The van der Waals surface area contributed by atoms with E-state index >= 15 is 0 Å². The van der Waals surface area contributed by atoms with Crippen molar-refractivity contribution in [3.63, 3.8) is 0 Å². The van der Waals surface area contributed by atoms with Crippen molar-refractivity contribution in [1.82, 2.24) is 20.4 Å². The van der Waals surface area contributed by atoms with E-state index in [1.54, 1.807) is 0 Å². The van der Waals surface area contributed by atoms with Crippen molar-refractivity contribution in [2.24, 2.45) is 5.92 Å². The largest absolute Gasteiger partial charge is 0.373 e. The summed E-state index contributed by atoms with van der Waals surface area (Å²) < 4.78 is 5.83. The summed E-state index contributed by atoms with van der Waals surface area (Å²) in [7, 11) is 0. The minimum Gasteiger partial charge on any atom is -0.373 e. The van der Waals surface area contributed by atoms with Crippen LogP contribution in [0.25, 0.3) is 0 Å². The minimum atomic E-state index is -0.144. The van der Waals surface area contributed by atoms with Gasteiger partial charge in [-0.05, 0) is 43.4 Å². The lowest BCUT2D eigenvalue weighted by Crippen LogP contribution is -2.45. The Morgan fingerprint density at radius 1 is 1.25 bits per heavy atom. The van der Waals surface area contributed by atoms with E-state index in [0.717, 1.165) is 37.3 Å². The number of nitrogens with zero attached hydrogens (tertiary/aromatic N) is 2. The predicted molar refractivity (Wildman–Crippen MR) is 110 cm³/mol. The van der Waals surface area contributed by atoms with Gasteiger partial charge in [-0.2, -0.15) is 5.10 Å². The first-order valence-corrected chi connectivity index (χ1v) is 10.2. The predicted octanol–water partition coefficient (Wildman–Crippen LogP) is 3.15. The number of hydrogen-bond donors (Lipinski definition) is 2. The molecule has 2 N–H and O–H groups in total. The molecule has 2 aromatic rings. The van der Waals surface area contributed by atoms with Gasteiger partial charge < -0.3 is 10.1 Å². The first-order valence-electron chi connectivity index (χ1n) is 10.2. The number of aromatic amines is 1. The molecule has 1 saturated heterocycles. The van der Waals surface area contributed by atoms with Crippen molar-refractivity contribution in [2.45, 2.75) is 59.4 Å². The first kappa shape index (κ1) is 20.6. The summed E-state index contributed by atoms with van der Waals surface area (Å²) in [4.78, 5) is 14.9. The summed E-state index contributed by atoms with van der Waals surface area (Å²) in [5.74, 6) is 0.378. The zero-order valence-corrected chi connectivity index (χ0v) is 17.4. The van der Waals surface area contributed by atoms with Gasteiger partial charge in [-0.25, -0.2) is 0 Å². The van der Waals surface area contributed by atoms with Crippen molar-refractivity contribution in [3.8, 4) is 0 Å². The Morgan fingerprint density at radius 2 is 1.93 bits per heavy atom. The third kappa shape index (κ3) is 5.66. The number of hydrogen-bond acceptors (Lipinski definition) is 4. The van der Waals surface area contributed by atoms with Gasteiger partial charge in [0.15, 0.2) is 0 Å². The molecule has 1 aliphatic rings. The fourth-order valence-corrected chi connectivity index (χ4v) is 3.83. The molecule has 1 aromatic heterocycles. The molecule has 1 fully saturated rings. The van der Waals surface area contributed by atoms with Crippen LogP contribution >= 0.6 is 0 Å². The molecule has 1 aromatic carbocycles. The molecular formula is C22H32N4O2. The molecule has 0 radical (unpaired) electrons. The molecule has 0 spiro atoms. The maximum absolute atomic E-state index is 12.5. The summed E-state index contributed by atoms with van der Waals surface area (Å²) in [6, 6.07) is 10.1. The van der Waals surface area contributed by atoms with Gasteiger partial charge in [0.1, 0.15) is 5.69 Å². The van der Waals surface area contributed by atoms with Crippen LogP contribution in [0, 0.1) is 5.92 Å². The molecule has 28 heavy (non-hydrogen) atoms. The number of carbonyl (C=O) groups is 1. The van der Waals surface area contributed by atoms with E-state index in [1.807, 2.05) is 12.1 Å². The summed E-state index contributed by atoms with van der Waals surface area (Å²) in [6.45, 7) is 11.7. The second kappa shape index (κ2) is 9.34. The van der Waals surface area contributed by atoms with Gasteiger partial charge in [0.25, 0.3) is 5.91 Å². The zero-order chi connectivity index (χ0) is 20.1. The topological polar surface area (TPSA) is 70.2 Å². The third-order valence-corrected chi connectivity index (χ3v) is 4.94. The molecule has 3 rings (SSSR count). The molecule has 2 unspecified atom stereocenters. The van der Waals surface area contributed by atoms with Crippen LogP contribution in [0.3, 0.4) is 0 Å². The van der Waals surface area contributed by atoms with E-state index in [0.29, 0.717) is 18.2 Å². The van der Waals surface area contributed by atoms with E-state index in [9.17, 15) is 4.79 Å². The molecule has 6 heteroatoms. The van der Waals surface area contributed by atoms with Crippen LogP contribution in [-0.4, -0.2) is 46.3 Å². The maximum Gasteiger partial charge on any atom is 0.272 e. The number of ether oxygens (including phenoxy) is 1. The number of amides is 1. The van der Waals surface area contributed by atoms with Crippen LogP contribution in [-0.2, 0) is 24.2 Å². The van der Waals surface area contributed by atoms with Crippen molar-refractivity contribution in [3.05, 3.63) is 52.8 Å². The Bertz CT molecular complexity index is 776. The molecular weight excluding hydrogens is 352 g/mol. The fourth-order valence-electron chi connectivity index (χ4n) is 3.83. The Hall–Kier alpha value is -2.18. The van der Waals surface area contributed by atoms with Crippen molar-refractivity contribution in [1.29, 1.82) is 0 Å². The number of benzene rings is 1. The average molecular weight is 385 g/mol. The van der Waals surface area contributed by atoms with Crippen molar-refractivity contribution in [2.75, 3.05) is 13.1 Å². The smallest absolute Gasteiger partial charge is 0.272 e. The lowest BCUT2D eigenvalue weighted by molar-refractivity contribution is -0.0705. The number of nitrogens with one attached hydrogen (secondary N) is 2. The highest BCUT2D eigenvalue weighted by Crippen LogP contribution is 2.17. The van der Waals surface area contributed by atoms with E-state index in [2.05, 4.69) is 66.3 Å². The summed E-state index contributed by atoms with van der Waals surface area (Å²) >= 11 is 0. The van der Waals surface area contributed by atoms with Gasteiger partial charge in [0.05, 0.1) is 12.2 Å². The van der Waals surface area contributed by atoms with E-state index in [-0.39, 0.29) is 18.1 Å². The van der Waals surface area contributed by atoms with Crippen LogP contribution < -0.4 is 5.32 Å². The van der Waals surface area contributed by atoms with Gasteiger partial charge >= 0.3 is 0 Å². The standard InChI is InChI=1S/C22H32N4O2/c1-15(2)9-20-10-21(25-24-20)22(27)23-11-18-7-5-6-8-19(18)14-26-12-16(3)28-17(4)13-26/h5-8,10,15-17H,9,11-14H2,1-4H3,(H,23,27)(H,24,25). The molecule has 0 saturated carbocycles. The van der Waals surface area contributed by atoms with Crippen LogP contribution in [0.1, 0.15) is 55.0 Å². The summed E-state index contributed by atoms with van der Waals surface area (Å²) in [5, 5.41) is 10.1. The lowest BCUT2D eigenvalue weighted by atomic mass is 10.1. The number of H-pyrrole nitrogens is 1. The highest BCUT2D eigenvalue weighted by Gasteiger charge is 2.22. The highest BCUT2D eigenvalue weighted by atomic mass is 16.5. The number of carbonyl (C=O) groups excluding carboxylic acids is 1. The van der Waals surface area contributed by atoms with E-state index in [1.165, 1.54) is 5.56 Å². The molecule has 1 aliphatic heterocycles. The number of morpholine rings is 1.